The molecule has 0 aliphatic heterocycles. The number of aromatic nitrogens is 2. The molecular weight excluding hydrogens is 398 g/mol. The average molecular weight is 426 g/mol. The Balaban J connectivity index is 1.39. The first-order chi connectivity index (χ1) is 15.5. The first kappa shape index (κ1) is 21.4. The van der Waals surface area contributed by atoms with Crippen LogP contribution in [0, 0.1) is 20.8 Å². The lowest BCUT2D eigenvalue weighted by molar-refractivity contribution is 0.102. The second-order valence-corrected chi connectivity index (χ2v) is 8.04. The van der Waals surface area contributed by atoms with Gasteiger partial charge in [-0.15, -0.1) is 0 Å². The summed E-state index contributed by atoms with van der Waals surface area (Å²) in [5.74, 6) is 1.19. The van der Waals surface area contributed by atoms with Crippen LogP contribution < -0.4 is 10.1 Å². The monoisotopic (exact) mass is 425 g/mol. The lowest BCUT2D eigenvalue weighted by Gasteiger charge is -2.11. The van der Waals surface area contributed by atoms with Gasteiger partial charge >= 0.3 is 0 Å². The highest BCUT2D eigenvalue weighted by atomic mass is 16.5. The van der Waals surface area contributed by atoms with E-state index in [0.717, 1.165) is 22.4 Å². The number of aryl methyl sites for hydroxylation is 3. The predicted molar refractivity (Wildman–Crippen MR) is 127 cm³/mol. The van der Waals surface area contributed by atoms with E-state index in [9.17, 15) is 4.79 Å². The van der Waals surface area contributed by atoms with Gasteiger partial charge in [0.15, 0.2) is 5.82 Å². The molecule has 4 aromatic rings. The molecule has 0 radical (unpaired) electrons. The summed E-state index contributed by atoms with van der Waals surface area (Å²) in [7, 11) is 0. The van der Waals surface area contributed by atoms with Crippen LogP contribution in [-0.2, 0) is 13.2 Å². The summed E-state index contributed by atoms with van der Waals surface area (Å²) in [6.07, 6.45) is 1.87. The minimum absolute atomic E-state index is 0.195. The van der Waals surface area contributed by atoms with Gasteiger partial charge in [0, 0.05) is 17.8 Å². The van der Waals surface area contributed by atoms with E-state index in [1.165, 1.54) is 11.1 Å². The van der Waals surface area contributed by atoms with Crippen molar-refractivity contribution in [3.05, 3.63) is 112 Å². The van der Waals surface area contributed by atoms with Gasteiger partial charge in [0.1, 0.15) is 12.4 Å². The molecule has 0 unspecified atom stereocenters. The van der Waals surface area contributed by atoms with Crippen LogP contribution in [0.3, 0.4) is 0 Å². The molecule has 0 aliphatic rings. The Labute approximate surface area is 188 Å². The van der Waals surface area contributed by atoms with Crippen LogP contribution in [0.4, 0.5) is 5.82 Å². The zero-order valence-corrected chi connectivity index (χ0v) is 18.6. The topological polar surface area (TPSA) is 56.1 Å². The fourth-order valence-electron chi connectivity index (χ4n) is 3.49. The van der Waals surface area contributed by atoms with E-state index in [4.69, 9.17) is 4.74 Å². The standard InChI is InChI=1S/C27H27N3O2/c1-19-11-12-21(3)25(15-19)32-18-22-8-6-10-23(16-22)27(31)28-26-13-14-30(29-26)17-24-9-5-4-7-20(24)2/h4-16H,17-18H2,1-3H3,(H,28,29,31). The van der Waals surface area contributed by atoms with Crippen LogP contribution in [0.15, 0.2) is 79.0 Å². The fourth-order valence-corrected chi connectivity index (χ4v) is 3.49. The van der Waals surface area contributed by atoms with E-state index in [1.807, 2.05) is 73.3 Å². The first-order valence-electron chi connectivity index (χ1n) is 10.7. The van der Waals surface area contributed by atoms with Crippen molar-refractivity contribution >= 4 is 11.7 Å². The number of nitrogens with one attached hydrogen (secondary N) is 1. The van der Waals surface area contributed by atoms with Gasteiger partial charge in [-0.25, -0.2) is 0 Å². The van der Waals surface area contributed by atoms with E-state index in [1.54, 1.807) is 6.07 Å². The quantitative estimate of drug-likeness (QED) is 0.414. The lowest BCUT2D eigenvalue weighted by atomic mass is 10.1. The molecule has 162 valence electrons. The smallest absolute Gasteiger partial charge is 0.256 e. The third-order valence-electron chi connectivity index (χ3n) is 5.40. The van der Waals surface area contributed by atoms with Crippen LogP contribution >= 0.6 is 0 Å². The largest absolute Gasteiger partial charge is 0.489 e. The van der Waals surface area contributed by atoms with Gasteiger partial charge in [0.2, 0.25) is 0 Å². The first-order valence-corrected chi connectivity index (χ1v) is 10.7. The number of ether oxygens (including phenoxy) is 1. The number of benzene rings is 3. The molecule has 5 heteroatoms. The minimum atomic E-state index is -0.195. The third-order valence-corrected chi connectivity index (χ3v) is 5.40. The molecule has 1 heterocycles. The molecule has 0 saturated heterocycles. The Morgan fingerprint density at radius 3 is 2.62 bits per heavy atom. The van der Waals surface area contributed by atoms with Gasteiger partial charge in [0.25, 0.3) is 5.91 Å². The summed E-state index contributed by atoms with van der Waals surface area (Å²) in [5, 5.41) is 7.37. The number of nitrogens with zero attached hydrogens (tertiary/aromatic N) is 2. The number of carbonyl (C=O) groups is 1. The van der Waals surface area contributed by atoms with E-state index >= 15 is 0 Å². The van der Waals surface area contributed by atoms with Crippen molar-refractivity contribution < 1.29 is 9.53 Å². The van der Waals surface area contributed by atoms with Crippen molar-refractivity contribution in [3.8, 4) is 5.75 Å². The van der Waals surface area contributed by atoms with Crippen molar-refractivity contribution in [2.75, 3.05) is 5.32 Å². The highest BCUT2D eigenvalue weighted by Crippen LogP contribution is 2.21. The summed E-state index contributed by atoms with van der Waals surface area (Å²) in [4.78, 5) is 12.8. The average Bonchev–Trinajstić information content (AvgIpc) is 3.23. The SMILES string of the molecule is Cc1ccc(C)c(OCc2cccc(C(=O)Nc3ccn(Cc4ccccc4C)n3)c2)c1. The molecule has 0 spiro atoms. The normalized spacial score (nSPS) is 10.7. The second-order valence-electron chi connectivity index (χ2n) is 8.04. The highest BCUT2D eigenvalue weighted by Gasteiger charge is 2.10. The summed E-state index contributed by atoms with van der Waals surface area (Å²) in [6.45, 7) is 7.21. The van der Waals surface area contributed by atoms with Crippen LogP contribution in [0.2, 0.25) is 0 Å². The maximum absolute atomic E-state index is 12.8. The summed E-state index contributed by atoms with van der Waals surface area (Å²) >= 11 is 0. The maximum Gasteiger partial charge on any atom is 0.256 e. The Morgan fingerprint density at radius 2 is 1.78 bits per heavy atom. The van der Waals surface area contributed by atoms with Crippen LogP contribution in [0.5, 0.6) is 5.75 Å². The van der Waals surface area contributed by atoms with E-state index in [2.05, 4.69) is 35.5 Å². The van der Waals surface area contributed by atoms with Crippen LogP contribution in [-0.4, -0.2) is 15.7 Å². The van der Waals surface area contributed by atoms with Gasteiger partial charge in [0.05, 0.1) is 6.54 Å². The molecule has 5 nitrogen and oxygen atoms in total. The van der Waals surface area contributed by atoms with Gasteiger partial charge < -0.3 is 10.1 Å². The lowest BCUT2D eigenvalue weighted by Crippen LogP contribution is -2.13. The van der Waals surface area contributed by atoms with Gasteiger partial charge in [-0.1, -0.05) is 48.5 Å². The molecule has 1 aromatic heterocycles. The van der Waals surface area contributed by atoms with Crippen molar-refractivity contribution in [3.63, 3.8) is 0 Å². The zero-order chi connectivity index (χ0) is 22.5. The van der Waals surface area contributed by atoms with Gasteiger partial charge in [-0.2, -0.15) is 5.10 Å². The zero-order valence-electron chi connectivity index (χ0n) is 18.6. The van der Waals surface area contributed by atoms with Gasteiger partial charge in [-0.3, -0.25) is 9.48 Å². The number of anilines is 1. The molecule has 32 heavy (non-hydrogen) atoms. The maximum atomic E-state index is 12.8. The van der Waals surface area contributed by atoms with E-state index in [0.29, 0.717) is 24.5 Å². The van der Waals surface area contributed by atoms with Gasteiger partial charge in [-0.05, 0) is 66.8 Å². The fraction of sp³-hybridized carbons (Fsp3) is 0.185. The molecule has 4 rings (SSSR count). The summed E-state index contributed by atoms with van der Waals surface area (Å²) in [5.41, 5.74) is 6.16. The number of carbonyl (C=O) groups excluding carboxylic acids is 1. The summed E-state index contributed by atoms with van der Waals surface area (Å²) < 4.78 is 7.80. The molecule has 0 bridgehead atoms. The highest BCUT2D eigenvalue weighted by molar-refractivity contribution is 6.03. The molecule has 1 N–H and O–H groups in total. The summed E-state index contributed by atoms with van der Waals surface area (Å²) in [6, 6.07) is 23.6. The molecule has 0 fully saturated rings. The predicted octanol–water partition coefficient (Wildman–Crippen LogP) is 5.69. The van der Waals surface area contributed by atoms with Crippen molar-refractivity contribution in [1.29, 1.82) is 0 Å². The number of rotatable bonds is 7. The van der Waals surface area contributed by atoms with Crippen LogP contribution in [0.1, 0.15) is 38.2 Å². The molecule has 1 amide bonds. The minimum Gasteiger partial charge on any atom is -0.489 e. The Hall–Kier alpha value is -3.86. The van der Waals surface area contributed by atoms with Crippen molar-refractivity contribution in [2.24, 2.45) is 0 Å². The third kappa shape index (κ3) is 5.24. The number of hydrogen-bond acceptors (Lipinski definition) is 3. The Kier molecular flexibility index (Phi) is 6.36. The molecule has 0 saturated carbocycles. The Morgan fingerprint density at radius 1 is 0.938 bits per heavy atom. The molecule has 0 aliphatic carbocycles. The molecular formula is C27H27N3O2. The van der Waals surface area contributed by atoms with Crippen molar-refractivity contribution in [1.82, 2.24) is 9.78 Å². The molecule has 0 atom stereocenters. The second kappa shape index (κ2) is 9.52. The van der Waals surface area contributed by atoms with E-state index < -0.39 is 0 Å². The van der Waals surface area contributed by atoms with E-state index in [-0.39, 0.29) is 5.91 Å². The van der Waals surface area contributed by atoms with Crippen molar-refractivity contribution in [2.45, 2.75) is 33.9 Å². The Bertz CT molecular complexity index is 1240. The molecule has 3 aromatic carbocycles. The van der Waals surface area contributed by atoms with Crippen LogP contribution in [0.25, 0.3) is 0 Å². The number of hydrogen-bond donors (Lipinski definition) is 1. The number of amides is 1.